The first kappa shape index (κ1) is 12.6. The van der Waals surface area contributed by atoms with Gasteiger partial charge in [-0.3, -0.25) is 4.79 Å². The van der Waals surface area contributed by atoms with Crippen molar-refractivity contribution < 1.29 is 9.32 Å². The highest BCUT2D eigenvalue weighted by atomic mass is 16.5. The SMILES string of the molecule is Cc1noc(CNC(=O)C(N)CC(C)C)n1. The van der Waals surface area contributed by atoms with Crippen molar-refractivity contribution in [3.63, 3.8) is 0 Å². The predicted octanol–water partition coefficient (Wildman–Crippen LogP) is 0.368. The second kappa shape index (κ2) is 5.60. The number of rotatable bonds is 5. The summed E-state index contributed by atoms with van der Waals surface area (Å²) in [6.07, 6.45) is 0.661. The van der Waals surface area contributed by atoms with Gasteiger partial charge in [-0.15, -0.1) is 0 Å². The highest BCUT2D eigenvalue weighted by Gasteiger charge is 2.15. The van der Waals surface area contributed by atoms with Gasteiger partial charge in [0.05, 0.1) is 12.6 Å². The van der Waals surface area contributed by atoms with Gasteiger partial charge in [0.1, 0.15) is 0 Å². The monoisotopic (exact) mass is 226 g/mol. The molecule has 1 aromatic heterocycles. The summed E-state index contributed by atoms with van der Waals surface area (Å²) in [5.41, 5.74) is 5.71. The fourth-order valence-electron chi connectivity index (χ4n) is 1.32. The number of nitrogens with zero attached hydrogens (tertiary/aromatic N) is 2. The van der Waals surface area contributed by atoms with E-state index >= 15 is 0 Å². The van der Waals surface area contributed by atoms with Crippen LogP contribution in [0.15, 0.2) is 4.52 Å². The van der Waals surface area contributed by atoms with Crippen LogP contribution in [0.1, 0.15) is 32.0 Å². The van der Waals surface area contributed by atoms with Crippen molar-refractivity contribution in [2.24, 2.45) is 11.7 Å². The first-order valence-corrected chi connectivity index (χ1v) is 5.31. The van der Waals surface area contributed by atoms with E-state index in [1.54, 1.807) is 6.92 Å². The first-order valence-electron chi connectivity index (χ1n) is 5.31. The first-order chi connectivity index (χ1) is 7.49. The molecule has 0 saturated carbocycles. The van der Waals surface area contributed by atoms with Crippen LogP contribution in [0.4, 0.5) is 0 Å². The average molecular weight is 226 g/mol. The van der Waals surface area contributed by atoms with Crippen LogP contribution in [0, 0.1) is 12.8 Å². The summed E-state index contributed by atoms with van der Waals surface area (Å²) in [6, 6.07) is -0.482. The lowest BCUT2D eigenvalue weighted by atomic mass is 10.0. The van der Waals surface area contributed by atoms with Crippen LogP contribution < -0.4 is 11.1 Å². The number of nitrogens with one attached hydrogen (secondary N) is 1. The van der Waals surface area contributed by atoms with Crippen LogP contribution in [0.5, 0.6) is 0 Å². The number of amides is 1. The Kier molecular flexibility index (Phi) is 4.42. The van der Waals surface area contributed by atoms with Crippen molar-refractivity contribution >= 4 is 5.91 Å². The van der Waals surface area contributed by atoms with Gasteiger partial charge in [-0.05, 0) is 19.3 Å². The summed E-state index contributed by atoms with van der Waals surface area (Å²) in [5, 5.41) is 6.28. The lowest BCUT2D eigenvalue weighted by Crippen LogP contribution is -2.41. The smallest absolute Gasteiger partial charge is 0.246 e. The van der Waals surface area contributed by atoms with E-state index in [0.717, 1.165) is 0 Å². The number of hydrogen-bond donors (Lipinski definition) is 2. The van der Waals surface area contributed by atoms with Gasteiger partial charge in [0.2, 0.25) is 11.8 Å². The highest BCUT2D eigenvalue weighted by Crippen LogP contribution is 2.03. The van der Waals surface area contributed by atoms with Gasteiger partial charge in [0, 0.05) is 0 Å². The van der Waals surface area contributed by atoms with Crippen molar-refractivity contribution in [3.05, 3.63) is 11.7 Å². The molecule has 0 spiro atoms. The minimum Gasteiger partial charge on any atom is -0.346 e. The van der Waals surface area contributed by atoms with Crippen LogP contribution in [0.2, 0.25) is 0 Å². The zero-order valence-corrected chi connectivity index (χ0v) is 9.86. The molecule has 0 radical (unpaired) electrons. The molecule has 0 bridgehead atoms. The number of aromatic nitrogens is 2. The maximum atomic E-state index is 11.5. The van der Waals surface area contributed by atoms with Crippen molar-refractivity contribution in [1.82, 2.24) is 15.5 Å². The fourth-order valence-corrected chi connectivity index (χ4v) is 1.32. The number of carbonyl (C=O) groups is 1. The number of hydrogen-bond acceptors (Lipinski definition) is 5. The van der Waals surface area contributed by atoms with Crippen molar-refractivity contribution in [1.29, 1.82) is 0 Å². The standard InChI is InChI=1S/C10H18N4O2/c1-6(2)4-8(11)10(15)12-5-9-13-7(3)14-16-9/h6,8H,4-5,11H2,1-3H3,(H,12,15). The van der Waals surface area contributed by atoms with Gasteiger partial charge < -0.3 is 15.6 Å². The Bertz CT molecular complexity index is 348. The van der Waals surface area contributed by atoms with E-state index in [-0.39, 0.29) is 12.5 Å². The molecule has 3 N–H and O–H groups in total. The highest BCUT2D eigenvalue weighted by molar-refractivity contribution is 5.81. The Balaban J connectivity index is 2.35. The van der Waals surface area contributed by atoms with Gasteiger partial charge >= 0.3 is 0 Å². The van der Waals surface area contributed by atoms with Gasteiger partial charge in [0.25, 0.3) is 0 Å². The molecule has 90 valence electrons. The summed E-state index contributed by atoms with van der Waals surface area (Å²) in [7, 11) is 0. The summed E-state index contributed by atoms with van der Waals surface area (Å²) in [4.78, 5) is 15.5. The number of carbonyl (C=O) groups excluding carboxylic acids is 1. The summed E-state index contributed by atoms with van der Waals surface area (Å²) in [6.45, 7) is 5.99. The van der Waals surface area contributed by atoms with Crippen molar-refractivity contribution in [2.75, 3.05) is 0 Å². The number of aryl methyl sites for hydroxylation is 1. The quantitative estimate of drug-likeness (QED) is 0.756. The van der Waals surface area contributed by atoms with Gasteiger partial charge in [-0.25, -0.2) is 0 Å². The van der Waals surface area contributed by atoms with E-state index in [1.807, 2.05) is 13.8 Å². The van der Waals surface area contributed by atoms with E-state index in [0.29, 0.717) is 24.1 Å². The topological polar surface area (TPSA) is 94.0 Å². The molecule has 1 heterocycles. The molecular formula is C10H18N4O2. The lowest BCUT2D eigenvalue weighted by Gasteiger charge is -2.12. The zero-order chi connectivity index (χ0) is 12.1. The molecule has 1 aromatic rings. The van der Waals surface area contributed by atoms with E-state index < -0.39 is 6.04 Å². The summed E-state index contributed by atoms with van der Waals surface area (Å²) in [5.74, 6) is 1.15. The number of nitrogens with two attached hydrogens (primary N) is 1. The van der Waals surface area contributed by atoms with Crippen LogP contribution >= 0.6 is 0 Å². The molecule has 6 nitrogen and oxygen atoms in total. The largest absolute Gasteiger partial charge is 0.346 e. The molecule has 1 rings (SSSR count). The second-order valence-corrected chi connectivity index (χ2v) is 4.19. The van der Waals surface area contributed by atoms with Crippen LogP contribution in [-0.2, 0) is 11.3 Å². The fraction of sp³-hybridized carbons (Fsp3) is 0.700. The Morgan fingerprint density at radius 3 is 2.75 bits per heavy atom. The normalized spacial score (nSPS) is 12.8. The second-order valence-electron chi connectivity index (χ2n) is 4.19. The molecule has 0 saturated heterocycles. The zero-order valence-electron chi connectivity index (χ0n) is 9.86. The molecule has 0 aromatic carbocycles. The summed E-state index contributed by atoms with van der Waals surface area (Å²) >= 11 is 0. The van der Waals surface area contributed by atoms with Crippen LogP contribution in [0.3, 0.4) is 0 Å². The third-order valence-electron chi connectivity index (χ3n) is 2.05. The minimum atomic E-state index is -0.482. The maximum Gasteiger partial charge on any atom is 0.246 e. The molecule has 1 atom stereocenters. The third kappa shape index (κ3) is 3.98. The Morgan fingerprint density at radius 2 is 2.25 bits per heavy atom. The maximum absolute atomic E-state index is 11.5. The summed E-state index contributed by atoms with van der Waals surface area (Å²) < 4.78 is 4.86. The molecule has 6 heteroatoms. The lowest BCUT2D eigenvalue weighted by molar-refractivity contribution is -0.123. The Hall–Kier alpha value is -1.43. The third-order valence-corrected chi connectivity index (χ3v) is 2.05. The van der Waals surface area contributed by atoms with E-state index in [4.69, 9.17) is 10.3 Å². The van der Waals surface area contributed by atoms with E-state index in [9.17, 15) is 4.79 Å². The molecule has 0 aliphatic carbocycles. The Labute approximate surface area is 94.6 Å². The molecule has 16 heavy (non-hydrogen) atoms. The van der Waals surface area contributed by atoms with Gasteiger partial charge in [0.15, 0.2) is 5.82 Å². The minimum absolute atomic E-state index is 0.190. The van der Waals surface area contributed by atoms with Crippen molar-refractivity contribution in [3.8, 4) is 0 Å². The average Bonchev–Trinajstić information content (AvgIpc) is 2.59. The van der Waals surface area contributed by atoms with Crippen LogP contribution in [-0.4, -0.2) is 22.1 Å². The van der Waals surface area contributed by atoms with Gasteiger partial charge in [-0.1, -0.05) is 19.0 Å². The molecule has 0 aliphatic heterocycles. The van der Waals surface area contributed by atoms with E-state index in [2.05, 4.69) is 15.5 Å². The Morgan fingerprint density at radius 1 is 1.56 bits per heavy atom. The van der Waals surface area contributed by atoms with Crippen molar-refractivity contribution in [2.45, 2.75) is 39.8 Å². The molecular weight excluding hydrogens is 208 g/mol. The van der Waals surface area contributed by atoms with E-state index in [1.165, 1.54) is 0 Å². The predicted molar refractivity (Wildman–Crippen MR) is 58.3 cm³/mol. The van der Waals surface area contributed by atoms with Crippen LogP contribution in [0.25, 0.3) is 0 Å². The van der Waals surface area contributed by atoms with Gasteiger partial charge in [-0.2, -0.15) is 4.98 Å². The molecule has 0 aliphatic rings. The molecule has 1 amide bonds. The molecule has 1 unspecified atom stereocenters. The molecule has 0 fully saturated rings.